The number of carbonyl (C=O) groups is 1. The lowest BCUT2D eigenvalue weighted by Gasteiger charge is -2.30. The van der Waals surface area contributed by atoms with Gasteiger partial charge in [-0.1, -0.05) is 37.1 Å². The van der Waals surface area contributed by atoms with Gasteiger partial charge in [-0.25, -0.2) is 0 Å². The average molecular weight is 294 g/mol. The quantitative estimate of drug-likeness (QED) is 0.924. The van der Waals surface area contributed by atoms with Crippen LogP contribution in [0, 0.1) is 13.8 Å². The van der Waals surface area contributed by atoms with Crippen molar-refractivity contribution in [2.75, 3.05) is 5.32 Å². The average Bonchev–Trinajstić information content (AvgIpc) is 3.01. The van der Waals surface area contributed by atoms with E-state index in [1.54, 1.807) is 12.4 Å². The standard InChI is InChI=1S/C19H22N2O/c1-14-7-3-4-8-16(14)19(10-5-6-11-19)18(22)21-17-9-12-20-13-15(17)2/h3-4,7-9,12-13H,5-6,10-11H2,1-2H3,(H,20,21,22). The first-order valence-electron chi connectivity index (χ1n) is 7.92. The molecule has 1 amide bonds. The third kappa shape index (κ3) is 2.52. The number of aryl methyl sites for hydroxylation is 2. The molecule has 1 aliphatic carbocycles. The highest BCUT2D eigenvalue weighted by molar-refractivity contribution is 6.00. The molecule has 114 valence electrons. The van der Waals surface area contributed by atoms with Gasteiger partial charge in [0.1, 0.15) is 0 Å². The van der Waals surface area contributed by atoms with Gasteiger partial charge in [-0.05, 0) is 49.4 Å². The summed E-state index contributed by atoms with van der Waals surface area (Å²) < 4.78 is 0. The SMILES string of the molecule is Cc1cnccc1NC(=O)C1(c2ccccc2C)CCCC1. The molecule has 0 atom stereocenters. The maximum atomic E-state index is 13.1. The van der Waals surface area contributed by atoms with Crippen LogP contribution in [-0.2, 0) is 10.2 Å². The molecule has 1 saturated carbocycles. The topological polar surface area (TPSA) is 42.0 Å². The molecular formula is C19H22N2O. The molecule has 1 aromatic carbocycles. The summed E-state index contributed by atoms with van der Waals surface area (Å²) >= 11 is 0. The molecule has 3 rings (SSSR count). The van der Waals surface area contributed by atoms with Crippen molar-refractivity contribution in [1.82, 2.24) is 4.98 Å². The predicted octanol–water partition coefficient (Wildman–Crippen LogP) is 4.15. The van der Waals surface area contributed by atoms with E-state index in [2.05, 4.69) is 29.4 Å². The van der Waals surface area contributed by atoms with E-state index in [-0.39, 0.29) is 11.3 Å². The van der Waals surface area contributed by atoms with Crippen molar-refractivity contribution in [3.63, 3.8) is 0 Å². The second kappa shape index (κ2) is 5.91. The summed E-state index contributed by atoms with van der Waals surface area (Å²) in [5, 5.41) is 3.14. The summed E-state index contributed by atoms with van der Waals surface area (Å²) in [4.78, 5) is 17.2. The molecule has 3 nitrogen and oxygen atoms in total. The smallest absolute Gasteiger partial charge is 0.235 e. The first kappa shape index (κ1) is 14.8. The lowest BCUT2D eigenvalue weighted by Crippen LogP contribution is -2.38. The Labute approximate surface area is 131 Å². The number of carbonyl (C=O) groups excluding carboxylic acids is 1. The number of benzene rings is 1. The zero-order valence-electron chi connectivity index (χ0n) is 13.2. The molecule has 0 unspecified atom stereocenters. The molecule has 1 heterocycles. The number of anilines is 1. The van der Waals surface area contributed by atoms with Crippen LogP contribution in [0.25, 0.3) is 0 Å². The van der Waals surface area contributed by atoms with Crippen molar-refractivity contribution in [1.29, 1.82) is 0 Å². The third-order valence-electron chi connectivity index (χ3n) is 4.82. The summed E-state index contributed by atoms with van der Waals surface area (Å²) in [6.45, 7) is 4.07. The Kier molecular flexibility index (Phi) is 3.97. The van der Waals surface area contributed by atoms with Crippen LogP contribution >= 0.6 is 0 Å². The molecule has 0 radical (unpaired) electrons. The fourth-order valence-corrected chi connectivity index (χ4v) is 3.56. The summed E-state index contributed by atoms with van der Waals surface area (Å²) in [5.41, 5.74) is 3.84. The molecule has 1 fully saturated rings. The second-order valence-electron chi connectivity index (χ2n) is 6.25. The molecule has 0 bridgehead atoms. The van der Waals surface area contributed by atoms with Gasteiger partial charge < -0.3 is 5.32 Å². The van der Waals surface area contributed by atoms with E-state index in [0.717, 1.165) is 36.9 Å². The van der Waals surface area contributed by atoms with Crippen LogP contribution in [0.3, 0.4) is 0 Å². The molecule has 2 aromatic rings. The number of aromatic nitrogens is 1. The Hall–Kier alpha value is -2.16. The van der Waals surface area contributed by atoms with E-state index in [9.17, 15) is 4.79 Å². The summed E-state index contributed by atoms with van der Waals surface area (Å²) in [5.74, 6) is 0.119. The number of hydrogen-bond acceptors (Lipinski definition) is 2. The molecule has 22 heavy (non-hydrogen) atoms. The van der Waals surface area contributed by atoms with E-state index in [1.807, 2.05) is 25.1 Å². The van der Waals surface area contributed by atoms with Gasteiger partial charge in [-0.15, -0.1) is 0 Å². The monoisotopic (exact) mass is 294 g/mol. The van der Waals surface area contributed by atoms with Crippen LogP contribution in [0.15, 0.2) is 42.7 Å². The maximum Gasteiger partial charge on any atom is 0.235 e. The lowest BCUT2D eigenvalue weighted by atomic mass is 9.76. The van der Waals surface area contributed by atoms with Crippen molar-refractivity contribution in [3.8, 4) is 0 Å². The first-order chi connectivity index (χ1) is 10.6. The lowest BCUT2D eigenvalue weighted by molar-refractivity contribution is -0.121. The van der Waals surface area contributed by atoms with Gasteiger partial charge >= 0.3 is 0 Å². The normalized spacial score (nSPS) is 16.5. The molecular weight excluding hydrogens is 272 g/mol. The number of nitrogens with one attached hydrogen (secondary N) is 1. The third-order valence-corrected chi connectivity index (χ3v) is 4.82. The van der Waals surface area contributed by atoms with Gasteiger partial charge in [-0.3, -0.25) is 9.78 Å². The summed E-state index contributed by atoms with van der Waals surface area (Å²) in [6, 6.07) is 10.1. The fraction of sp³-hybridized carbons (Fsp3) is 0.368. The number of amides is 1. The van der Waals surface area contributed by atoms with Gasteiger partial charge in [0.2, 0.25) is 5.91 Å². The van der Waals surface area contributed by atoms with Crippen molar-refractivity contribution in [2.24, 2.45) is 0 Å². The second-order valence-corrected chi connectivity index (χ2v) is 6.25. The van der Waals surface area contributed by atoms with Crippen molar-refractivity contribution in [2.45, 2.75) is 44.9 Å². The molecule has 1 aromatic heterocycles. The Balaban J connectivity index is 1.96. The molecule has 1 N–H and O–H groups in total. The highest BCUT2D eigenvalue weighted by Gasteiger charge is 2.43. The van der Waals surface area contributed by atoms with Crippen molar-refractivity contribution < 1.29 is 4.79 Å². The molecule has 0 saturated heterocycles. The zero-order chi connectivity index (χ0) is 15.6. The van der Waals surface area contributed by atoms with Crippen LogP contribution in [0.5, 0.6) is 0 Å². The van der Waals surface area contributed by atoms with E-state index < -0.39 is 0 Å². The fourth-order valence-electron chi connectivity index (χ4n) is 3.56. The van der Waals surface area contributed by atoms with E-state index in [4.69, 9.17) is 0 Å². The molecule has 1 aliphatic rings. The first-order valence-corrected chi connectivity index (χ1v) is 7.92. The van der Waals surface area contributed by atoms with Crippen LogP contribution in [-0.4, -0.2) is 10.9 Å². The minimum atomic E-state index is -0.388. The highest BCUT2D eigenvalue weighted by atomic mass is 16.2. The number of pyridine rings is 1. The predicted molar refractivity (Wildman–Crippen MR) is 88.9 cm³/mol. The Morgan fingerprint density at radius 3 is 2.50 bits per heavy atom. The van der Waals surface area contributed by atoms with Crippen LogP contribution in [0.1, 0.15) is 42.4 Å². The number of nitrogens with zero attached hydrogens (tertiary/aromatic N) is 1. The van der Waals surface area contributed by atoms with E-state index >= 15 is 0 Å². The van der Waals surface area contributed by atoms with Gasteiger partial charge in [0, 0.05) is 18.1 Å². The molecule has 0 aliphatic heterocycles. The van der Waals surface area contributed by atoms with E-state index in [0.29, 0.717) is 0 Å². The molecule has 3 heteroatoms. The van der Waals surface area contributed by atoms with Crippen molar-refractivity contribution >= 4 is 11.6 Å². The molecule has 0 spiro atoms. The van der Waals surface area contributed by atoms with Crippen molar-refractivity contribution in [3.05, 3.63) is 59.4 Å². The van der Waals surface area contributed by atoms with Gasteiger partial charge in [-0.2, -0.15) is 0 Å². The van der Waals surface area contributed by atoms with E-state index in [1.165, 1.54) is 11.1 Å². The summed E-state index contributed by atoms with van der Waals surface area (Å²) in [6.07, 6.45) is 7.57. The van der Waals surface area contributed by atoms with Gasteiger partial charge in [0.15, 0.2) is 0 Å². The van der Waals surface area contributed by atoms with Crippen LogP contribution < -0.4 is 5.32 Å². The summed E-state index contributed by atoms with van der Waals surface area (Å²) in [7, 11) is 0. The minimum Gasteiger partial charge on any atom is -0.325 e. The minimum absolute atomic E-state index is 0.119. The highest BCUT2D eigenvalue weighted by Crippen LogP contribution is 2.43. The Morgan fingerprint density at radius 2 is 1.82 bits per heavy atom. The van der Waals surface area contributed by atoms with Crippen LogP contribution in [0.2, 0.25) is 0 Å². The van der Waals surface area contributed by atoms with Gasteiger partial charge in [0.25, 0.3) is 0 Å². The Bertz CT molecular complexity index is 687. The van der Waals surface area contributed by atoms with Gasteiger partial charge in [0.05, 0.1) is 5.41 Å². The zero-order valence-corrected chi connectivity index (χ0v) is 13.2. The number of hydrogen-bond donors (Lipinski definition) is 1. The largest absolute Gasteiger partial charge is 0.325 e. The maximum absolute atomic E-state index is 13.1. The number of rotatable bonds is 3. The van der Waals surface area contributed by atoms with Crippen LogP contribution in [0.4, 0.5) is 5.69 Å². The Morgan fingerprint density at radius 1 is 1.09 bits per heavy atom.